The Balaban J connectivity index is 1.59. The number of benzene rings is 4. The molecule has 0 aliphatic carbocycles. The number of rotatable bonds is 6. The number of para-hydroxylation sites is 1. The van der Waals surface area contributed by atoms with Crippen LogP contribution in [0.25, 0.3) is 21.0 Å². The Hall–Kier alpha value is -3.27. The first kappa shape index (κ1) is 23.5. The predicted molar refractivity (Wildman–Crippen MR) is 143 cm³/mol. The van der Waals surface area contributed by atoms with E-state index in [4.69, 9.17) is 4.74 Å². The number of aromatic nitrogens is 1. The van der Waals surface area contributed by atoms with Crippen LogP contribution in [0.2, 0.25) is 0 Å². The minimum atomic E-state index is -3.91. The van der Waals surface area contributed by atoms with Crippen LogP contribution in [-0.2, 0) is 10.0 Å². The number of nitrogens with one attached hydrogen (secondary N) is 1. The van der Waals surface area contributed by atoms with Crippen LogP contribution in [0.1, 0.15) is 11.1 Å². The number of sulfonamides is 1. The number of ether oxygens (including phenoxy) is 1. The molecule has 0 aliphatic rings. The number of aryl methyl sites for hydroxylation is 2. The molecule has 0 amide bonds. The van der Waals surface area contributed by atoms with Crippen LogP contribution in [0.5, 0.6) is 11.5 Å². The van der Waals surface area contributed by atoms with E-state index in [2.05, 4.69) is 9.71 Å². The molecule has 1 heterocycles. The molecule has 0 unspecified atom stereocenters. The molecule has 0 saturated heterocycles. The summed E-state index contributed by atoms with van der Waals surface area (Å²) in [6.07, 6.45) is 0. The predicted octanol–water partition coefficient (Wildman–Crippen LogP) is 6.73. The fourth-order valence-corrected chi connectivity index (χ4v) is 7.43. The van der Waals surface area contributed by atoms with Gasteiger partial charge in [0.1, 0.15) is 11.5 Å². The van der Waals surface area contributed by atoms with Gasteiger partial charge in [-0.15, -0.1) is 11.3 Å². The van der Waals surface area contributed by atoms with Crippen LogP contribution in [0.15, 0.2) is 80.9 Å². The smallest absolute Gasteiger partial charge is 0.261 e. The Labute approximate surface area is 211 Å². The average Bonchev–Trinajstić information content (AvgIpc) is 3.24. The minimum Gasteiger partial charge on any atom is -0.506 e. The highest BCUT2D eigenvalue weighted by Crippen LogP contribution is 2.44. The summed E-state index contributed by atoms with van der Waals surface area (Å²) < 4.78 is 36.7. The number of fused-ring (bicyclic) bond motifs is 2. The van der Waals surface area contributed by atoms with Crippen molar-refractivity contribution in [3.63, 3.8) is 0 Å². The standard InChI is InChI=1S/C26H22N2O4S3/c1-15-12-17(13-16(2)25(15)32-3)35(30,31)28-21-14-23(24(29)19-9-5-4-8-18(19)21)34-26-27-20-10-6-7-11-22(20)33-26/h4-14,28-29H,1-3H3. The maximum absolute atomic E-state index is 13.4. The summed E-state index contributed by atoms with van der Waals surface area (Å²) in [5.74, 6) is 0.748. The van der Waals surface area contributed by atoms with Crippen molar-refractivity contribution in [2.75, 3.05) is 11.8 Å². The molecule has 0 spiro atoms. The van der Waals surface area contributed by atoms with Gasteiger partial charge in [-0.2, -0.15) is 0 Å². The first-order valence-corrected chi connectivity index (χ1v) is 13.8. The van der Waals surface area contributed by atoms with E-state index in [1.54, 1.807) is 37.4 Å². The number of thiazole rings is 1. The summed E-state index contributed by atoms with van der Waals surface area (Å²) in [5.41, 5.74) is 2.73. The maximum atomic E-state index is 13.4. The molecule has 0 radical (unpaired) electrons. The van der Waals surface area contributed by atoms with E-state index in [1.165, 1.54) is 23.1 Å². The van der Waals surface area contributed by atoms with E-state index in [-0.39, 0.29) is 10.6 Å². The number of nitrogens with zero attached hydrogens (tertiary/aromatic N) is 1. The van der Waals surface area contributed by atoms with Crippen molar-refractivity contribution < 1.29 is 18.3 Å². The van der Waals surface area contributed by atoms with Crippen LogP contribution in [-0.4, -0.2) is 25.6 Å². The van der Waals surface area contributed by atoms with Gasteiger partial charge >= 0.3 is 0 Å². The second kappa shape index (κ2) is 9.07. The third kappa shape index (κ3) is 4.42. The van der Waals surface area contributed by atoms with Crippen LogP contribution in [0, 0.1) is 13.8 Å². The molecule has 0 atom stereocenters. The van der Waals surface area contributed by atoms with Gasteiger partial charge in [0.25, 0.3) is 10.0 Å². The molecule has 0 bridgehead atoms. The van der Waals surface area contributed by atoms with Crippen LogP contribution >= 0.6 is 23.1 Å². The minimum absolute atomic E-state index is 0.0870. The number of phenols is 1. The quantitative estimate of drug-likeness (QED) is 0.240. The molecule has 0 fully saturated rings. The van der Waals surface area contributed by atoms with E-state index >= 15 is 0 Å². The molecule has 4 aromatic carbocycles. The average molecular weight is 523 g/mol. The lowest BCUT2D eigenvalue weighted by Crippen LogP contribution is -2.14. The Kier molecular flexibility index (Phi) is 6.08. The monoisotopic (exact) mass is 522 g/mol. The van der Waals surface area contributed by atoms with Crippen molar-refractivity contribution in [1.82, 2.24) is 4.98 Å². The lowest BCUT2D eigenvalue weighted by molar-refractivity contribution is 0.408. The first-order valence-electron chi connectivity index (χ1n) is 10.7. The molecule has 5 aromatic rings. The van der Waals surface area contributed by atoms with Gasteiger partial charge in [-0.25, -0.2) is 13.4 Å². The van der Waals surface area contributed by atoms with Crippen molar-refractivity contribution in [2.45, 2.75) is 28.0 Å². The zero-order chi connectivity index (χ0) is 24.7. The van der Waals surface area contributed by atoms with Crippen LogP contribution < -0.4 is 9.46 Å². The summed E-state index contributed by atoms with van der Waals surface area (Å²) >= 11 is 2.83. The van der Waals surface area contributed by atoms with Gasteiger partial charge < -0.3 is 9.84 Å². The van der Waals surface area contributed by atoms with Crippen molar-refractivity contribution in [2.24, 2.45) is 0 Å². The summed E-state index contributed by atoms with van der Waals surface area (Å²) in [6, 6.07) is 19.8. The third-order valence-corrected chi connectivity index (χ3v) is 9.12. The van der Waals surface area contributed by atoms with E-state index in [0.717, 1.165) is 25.7 Å². The van der Waals surface area contributed by atoms with Gasteiger partial charge in [0.2, 0.25) is 0 Å². The zero-order valence-electron chi connectivity index (χ0n) is 19.2. The molecule has 0 saturated carbocycles. The van der Waals surface area contributed by atoms with E-state index in [1.807, 2.05) is 50.2 Å². The number of methoxy groups -OCH3 is 1. The van der Waals surface area contributed by atoms with Gasteiger partial charge in [-0.3, -0.25) is 4.72 Å². The third-order valence-electron chi connectivity index (χ3n) is 5.65. The highest BCUT2D eigenvalue weighted by atomic mass is 32.2. The summed E-state index contributed by atoms with van der Waals surface area (Å²) in [6.45, 7) is 3.63. The Bertz CT molecular complexity index is 1640. The summed E-state index contributed by atoms with van der Waals surface area (Å²) in [4.78, 5) is 5.30. The second-order valence-electron chi connectivity index (χ2n) is 8.06. The topological polar surface area (TPSA) is 88.5 Å². The number of aromatic hydroxyl groups is 1. The van der Waals surface area contributed by atoms with Gasteiger partial charge in [-0.1, -0.05) is 48.2 Å². The fraction of sp³-hybridized carbons (Fsp3) is 0.115. The molecule has 9 heteroatoms. The molecule has 2 N–H and O–H groups in total. The first-order chi connectivity index (χ1) is 16.8. The highest BCUT2D eigenvalue weighted by Gasteiger charge is 2.21. The van der Waals surface area contributed by atoms with E-state index in [0.29, 0.717) is 27.1 Å². The second-order valence-corrected chi connectivity index (χ2v) is 12.1. The van der Waals surface area contributed by atoms with Crippen molar-refractivity contribution in [3.8, 4) is 11.5 Å². The fourth-order valence-electron chi connectivity index (χ4n) is 4.08. The molecule has 1 aromatic heterocycles. The molecule has 178 valence electrons. The molecular weight excluding hydrogens is 500 g/mol. The van der Waals surface area contributed by atoms with Gasteiger partial charge in [-0.05, 0) is 55.3 Å². The van der Waals surface area contributed by atoms with Gasteiger partial charge in [0, 0.05) is 10.8 Å². The number of anilines is 1. The number of hydrogen-bond donors (Lipinski definition) is 2. The molecular formula is C26H22N2O4S3. The SMILES string of the molecule is COc1c(C)cc(S(=O)(=O)Nc2cc(Sc3nc4ccccc4s3)c(O)c3ccccc23)cc1C. The van der Waals surface area contributed by atoms with Crippen molar-refractivity contribution >= 4 is 59.8 Å². The molecule has 5 rings (SSSR count). The van der Waals surface area contributed by atoms with Gasteiger partial charge in [0.15, 0.2) is 4.34 Å². The maximum Gasteiger partial charge on any atom is 0.261 e. The van der Waals surface area contributed by atoms with Crippen LogP contribution in [0.3, 0.4) is 0 Å². The molecule has 0 aliphatic heterocycles. The number of hydrogen-bond acceptors (Lipinski definition) is 7. The lowest BCUT2D eigenvalue weighted by atomic mass is 10.1. The number of phenolic OH excluding ortho intramolecular Hbond substituents is 1. The van der Waals surface area contributed by atoms with E-state index < -0.39 is 10.0 Å². The Morgan fingerprint density at radius 2 is 1.63 bits per heavy atom. The van der Waals surface area contributed by atoms with Crippen molar-refractivity contribution in [3.05, 3.63) is 77.9 Å². The Morgan fingerprint density at radius 1 is 0.971 bits per heavy atom. The highest BCUT2D eigenvalue weighted by molar-refractivity contribution is 8.01. The van der Waals surface area contributed by atoms with Crippen LogP contribution in [0.4, 0.5) is 5.69 Å². The normalized spacial score (nSPS) is 11.7. The van der Waals surface area contributed by atoms with Crippen molar-refractivity contribution in [1.29, 1.82) is 0 Å². The van der Waals surface area contributed by atoms with Gasteiger partial charge in [0.05, 0.1) is 32.8 Å². The molecule has 35 heavy (non-hydrogen) atoms. The Morgan fingerprint density at radius 3 is 2.31 bits per heavy atom. The molecule has 6 nitrogen and oxygen atoms in total. The zero-order valence-corrected chi connectivity index (χ0v) is 21.6. The summed E-state index contributed by atoms with van der Waals surface area (Å²) in [7, 11) is -2.34. The van der Waals surface area contributed by atoms with E-state index in [9.17, 15) is 13.5 Å². The largest absolute Gasteiger partial charge is 0.506 e. The summed E-state index contributed by atoms with van der Waals surface area (Å²) in [5, 5.41) is 12.2. The lowest BCUT2D eigenvalue weighted by Gasteiger charge is -2.16.